The summed E-state index contributed by atoms with van der Waals surface area (Å²) in [5.41, 5.74) is 2.37. The van der Waals surface area contributed by atoms with Crippen molar-refractivity contribution in [3.63, 3.8) is 0 Å². The van der Waals surface area contributed by atoms with Crippen molar-refractivity contribution in [2.24, 2.45) is 0 Å². The molecule has 1 aliphatic carbocycles. The average molecular weight is 258 g/mol. The second-order valence-corrected chi connectivity index (χ2v) is 5.30. The quantitative estimate of drug-likeness (QED) is 0.896. The van der Waals surface area contributed by atoms with E-state index in [1.165, 1.54) is 11.1 Å². The number of rotatable bonds is 3. The van der Waals surface area contributed by atoms with Crippen molar-refractivity contribution in [3.8, 4) is 5.75 Å². The van der Waals surface area contributed by atoms with Gasteiger partial charge in [0.15, 0.2) is 0 Å². The highest BCUT2D eigenvalue weighted by molar-refractivity contribution is 5.87. The third kappa shape index (κ3) is 3.25. The second-order valence-electron chi connectivity index (χ2n) is 5.30. The molecule has 0 saturated heterocycles. The topological polar surface area (TPSA) is 46.5 Å². The van der Waals surface area contributed by atoms with Gasteiger partial charge in [0.2, 0.25) is 0 Å². The van der Waals surface area contributed by atoms with Crippen LogP contribution in [0.15, 0.2) is 47.6 Å². The number of hydrogen-bond acceptors (Lipinski definition) is 2. The van der Waals surface area contributed by atoms with Gasteiger partial charge >= 0.3 is 5.97 Å². The minimum Gasteiger partial charge on any atom is -0.483 e. The molecule has 0 bridgehead atoms. The maximum atomic E-state index is 10.8. The first-order valence-electron chi connectivity index (χ1n) is 6.27. The van der Waals surface area contributed by atoms with Crippen LogP contribution >= 0.6 is 0 Å². The standard InChI is InChI=1S/C16H18O3/c1-11-8-12(2)10-16(3,9-11)19-14-6-4-13(5-7-14)15(17)18/h4-9H,10H2,1-3H3,(H,17,18). The molecule has 0 saturated carbocycles. The van der Waals surface area contributed by atoms with E-state index >= 15 is 0 Å². The van der Waals surface area contributed by atoms with Crippen molar-refractivity contribution >= 4 is 5.97 Å². The normalized spacial score (nSPS) is 22.5. The molecule has 3 heteroatoms. The second kappa shape index (κ2) is 4.92. The molecule has 19 heavy (non-hydrogen) atoms. The van der Waals surface area contributed by atoms with E-state index in [2.05, 4.69) is 26.0 Å². The van der Waals surface area contributed by atoms with Crippen LogP contribution in [0.5, 0.6) is 5.75 Å². The van der Waals surface area contributed by atoms with Crippen LogP contribution in [-0.2, 0) is 0 Å². The molecule has 0 fully saturated rings. The summed E-state index contributed by atoms with van der Waals surface area (Å²) in [6, 6.07) is 6.52. The monoisotopic (exact) mass is 258 g/mol. The predicted octanol–water partition coefficient (Wildman–Crippen LogP) is 3.82. The van der Waals surface area contributed by atoms with Crippen molar-refractivity contribution in [2.75, 3.05) is 0 Å². The van der Waals surface area contributed by atoms with Gasteiger partial charge in [0, 0.05) is 6.42 Å². The van der Waals surface area contributed by atoms with E-state index in [0.29, 0.717) is 5.75 Å². The zero-order valence-corrected chi connectivity index (χ0v) is 11.4. The van der Waals surface area contributed by atoms with Crippen LogP contribution in [0.1, 0.15) is 37.6 Å². The molecule has 0 aliphatic heterocycles. The third-order valence-electron chi connectivity index (χ3n) is 3.09. The number of hydrogen-bond donors (Lipinski definition) is 1. The summed E-state index contributed by atoms with van der Waals surface area (Å²) in [4.78, 5) is 10.8. The van der Waals surface area contributed by atoms with Crippen LogP contribution in [0.4, 0.5) is 0 Å². The Kier molecular flexibility index (Phi) is 3.47. The van der Waals surface area contributed by atoms with Gasteiger partial charge in [0.1, 0.15) is 11.4 Å². The number of benzene rings is 1. The number of carboxylic acids is 1. The van der Waals surface area contributed by atoms with Gasteiger partial charge in [0.05, 0.1) is 5.56 Å². The molecule has 1 aromatic rings. The van der Waals surface area contributed by atoms with E-state index < -0.39 is 5.97 Å². The lowest BCUT2D eigenvalue weighted by atomic mass is 9.89. The maximum absolute atomic E-state index is 10.8. The van der Waals surface area contributed by atoms with Gasteiger partial charge in [0.25, 0.3) is 0 Å². The molecule has 0 heterocycles. The fourth-order valence-electron chi connectivity index (χ4n) is 2.57. The average Bonchev–Trinajstić information content (AvgIpc) is 2.26. The highest BCUT2D eigenvalue weighted by Crippen LogP contribution is 2.31. The summed E-state index contributed by atoms with van der Waals surface area (Å²) in [6.07, 6.45) is 5.09. The Bertz CT molecular complexity index is 552. The number of aromatic carboxylic acids is 1. The zero-order valence-electron chi connectivity index (χ0n) is 11.4. The summed E-state index contributed by atoms with van der Waals surface area (Å²) in [7, 11) is 0. The van der Waals surface area contributed by atoms with Crippen molar-refractivity contribution in [1.82, 2.24) is 0 Å². The molecule has 3 nitrogen and oxygen atoms in total. The number of carboxylic acid groups (broad SMARTS) is 1. The maximum Gasteiger partial charge on any atom is 0.335 e. The number of allylic oxidation sites excluding steroid dienone is 2. The highest BCUT2D eigenvalue weighted by Gasteiger charge is 2.27. The van der Waals surface area contributed by atoms with Crippen LogP contribution < -0.4 is 4.74 Å². The molecule has 0 aromatic heterocycles. The first-order valence-corrected chi connectivity index (χ1v) is 6.27. The predicted molar refractivity (Wildman–Crippen MR) is 74.6 cm³/mol. The lowest BCUT2D eigenvalue weighted by Gasteiger charge is -2.31. The summed E-state index contributed by atoms with van der Waals surface area (Å²) >= 11 is 0. The van der Waals surface area contributed by atoms with E-state index in [4.69, 9.17) is 9.84 Å². The van der Waals surface area contributed by atoms with Gasteiger partial charge in [-0.1, -0.05) is 17.2 Å². The lowest BCUT2D eigenvalue weighted by Crippen LogP contribution is -2.32. The van der Waals surface area contributed by atoms with Gasteiger partial charge in [-0.25, -0.2) is 4.79 Å². The molecule has 0 spiro atoms. The molecule has 1 aliphatic rings. The van der Waals surface area contributed by atoms with Crippen molar-refractivity contribution in [3.05, 3.63) is 53.1 Å². The lowest BCUT2D eigenvalue weighted by molar-refractivity contribution is 0.0697. The van der Waals surface area contributed by atoms with E-state index in [9.17, 15) is 4.79 Å². The molecule has 100 valence electrons. The summed E-state index contributed by atoms with van der Waals surface area (Å²) in [5.74, 6) is -0.240. The van der Waals surface area contributed by atoms with E-state index in [1.807, 2.05) is 6.92 Å². The van der Waals surface area contributed by atoms with E-state index in [0.717, 1.165) is 6.42 Å². The Morgan fingerprint density at radius 2 is 1.89 bits per heavy atom. The minimum absolute atomic E-state index is 0.268. The fourth-order valence-corrected chi connectivity index (χ4v) is 2.57. The number of ether oxygens (including phenoxy) is 1. The molecule has 0 amide bonds. The van der Waals surface area contributed by atoms with Crippen molar-refractivity contribution in [1.29, 1.82) is 0 Å². The highest BCUT2D eigenvalue weighted by atomic mass is 16.5. The van der Waals surface area contributed by atoms with Gasteiger partial charge < -0.3 is 9.84 Å². The van der Waals surface area contributed by atoms with Crippen LogP contribution in [0.25, 0.3) is 0 Å². The summed E-state index contributed by atoms with van der Waals surface area (Å²) in [6.45, 7) is 6.18. The van der Waals surface area contributed by atoms with Crippen LogP contribution in [0.2, 0.25) is 0 Å². The van der Waals surface area contributed by atoms with Crippen LogP contribution in [-0.4, -0.2) is 16.7 Å². The Morgan fingerprint density at radius 1 is 1.26 bits per heavy atom. The van der Waals surface area contributed by atoms with Gasteiger partial charge in [-0.2, -0.15) is 0 Å². The molecule has 1 aromatic carbocycles. The molecular weight excluding hydrogens is 240 g/mol. The fraction of sp³-hybridized carbons (Fsp3) is 0.312. The smallest absolute Gasteiger partial charge is 0.335 e. The van der Waals surface area contributed by atoms with Crippen molar-refractivity contribution < 1.29 is 14.6 Å². The SMILES string of the molecule is CC1=CC(C)(Oc2ccc(C(=O)O)cc2)CC(C)=C1. The summed E-state index contributed by atoms with van der Waals surface area (Å²) < 4.78 is 6.01. The number of carbonyl (C=O) groups is 1. The van der Waals surface area contributed by atoms with Gasteiger partial charge in [-0.3, -0.25) is 0 Å². The third-order valence-corrected chi connectivity index (χ3v) is 3.09. The van der Waals surface area contributed by atoms with Crippen molar-refractivity contribution in [2.45, 2.75) is 32.8 Å². The first kappa shape index (κ1) is 13.4. The molecule has 1 N–H and O–H groups in total. The summed E-state index contributed by atoms with van der Waals surface area (Å²) in [5, 5.41) is 8.86. The molecule has 0 radical (unpaired) electrons. The molecule has 2 rings (SSSR count). The molecule has 1 unspecified atom stereocenters. The first-order chi connectivity index (χ1) is 8.88. The van der Waals surface area contributed by atoms with Gasteiger partial charge in [-0.15, -0.1) is 0 Å². The van der Waals surface area contributed by atoms with Crippen LogP contribution in [0.3, 0.4) is 0 Å². The molecule has 1 atom stereocenters. The van der Waals surface area contributed by atoms with Gasteiger partial charge in [-0.05, 0) is 51.1 Å². The Balaban J connectivity index is 2.17. The minimum atomic E-state index is -0.926. The largest absolute Gasteiger partial charge is 0.483 e. The zero-order chi connectivity index (χ0) is 14.0. The Labute approximate surface area is 113 Å². The van der Waals surface area contributed by atoms with E-state index in [-0.39, 0.29) is 11.2 Å². The Hall–Kier alpha value is -2.03. The Morgan fingerprint density at radius 3 is 2.42 bits per heavy atom. The van der Waals surface area contributed by atoms with Crippen LogP contribution in [0, 0.1) is 0 Å². The molecular formula is C16H18O3. The van der Waals surface area contributed by atoms with E-state index in [1.54, 1.807) is 24.3 Å².